The number of aromatic nitrogens is 1. The molecule has 0 saturated heterocycles. The lowest BCUT2D eigenvalue weighted by Gasteiger charge is -2.26. The van der Waals surface area contributed by atoms with E-state index in [1.807, 2.05) is 0 Å². The summed E-state index contributed by atoms with van der Waals surface area (Å²) >= 11 is 0. The number of non-ortho nitro benzene ring substituents is 1. The Morgan fingerprint density at radius 3 is 2.29 bits per heavy atom. The van der Waals surface area contributed by atoms with Crippen LogP contribution in [0.1, 0.15) is 29.7 Å². The highest BCUT2D eigenvalue weighted by Gasteiger charge is 2.30. The van der Waals surface area contributed by atoms with Gasteiger partial charge in [0, 0.05) is 37.6 Å². The molecular formula is C16H19N3O4S. The van der Waals surface area contributed by atoms with Gasteiger partial charge >= 0.3 is 0 Å². The molecule has 2 aromatic rings. The van der Waals surface area contributed by atoms with E-state index in [2.05, 4.69) is 4.98 Å². The van der Waals surface area contributed by atoms with Gasteiger partial charge in [-0.25, -0.2) is 8.42 Å². The van der Waals surface area contributed by atoms with Crippen LogP contribution in [0.15, 0.2) is 41.6 Å². The first-order valence-corrected chi connectivity index (χ1v) is 8.74. The van der Waals surface area contributed by atoms with Crippen LogP contribution in [0.3, 0.4) is 0 Å². The number of benzene rings is 1. The van der Waals surface area contributed by atoms with Crippen molar-refractivity contribution in [3.05, 3.63) is 63.5 Å². The van der Waals surface area contributed by atoms with Crippen molar-refractivity contribution in [1.29, 1.82) is 0 Å². The topological polar surface area (TPSA) is 93.4 Å². The van der Waals surface area contributed by atoms with Crippen molar-refractivity contribution < 1.29 is 13.3 Å². The molecule has 0 aliphatic rings. The Kier molecular flexibility index (Phi) is 5.00. The van der Waals surface area contributed by atoms with Crippen LogP contribution in [0.4, 0.5) is 5.69 Å². The summed E-state index contributed by atoms with van der Waals surface area (Å²) in [5.74, 6) is 0. The molecule has 7 nitrogen and oxygen atoms in total. The molecule has 0 bridgehead atoms. The summed E-state index contributed by atoms with van der Waals surface area (Å²) in [7, 11) is -2.31. The zero-order valence-electron chi connectivity index (χ0n) is 13.9. The van der Waals surface area contributed by atoms with Crippen LogP contribution >= 0.6 is 0 Å². The van der Waals surface area contributed by atoms with Gasteiger partial charge in [0.1, 0.15) is 0 Å². The van der Waals surface area contributed by atoms with Gasteiger partial charge in [0.05, 0.1) is 9.82 Å². The minimum Gasteiger partial charge on any atom is -0.264 e. The fraction of sp³-hybridized carbons (Fsp3) is 0.312. The maximum absolute atomic E-state index is 13.0. The standard InChI is InChI=1S/C16H19N3O4S/c1-11-8-15(19(20)21)9-12(2)16(11)24(22,23)18(4)13(3)14-6-5-7-17-10-14/h5-10,13H,1-4H3/t13-/m1/s1. The molecule has 0 aliphatic heterocycles. The minimum atomic E-state index is -3.81. The molecule has 0 spiro atoms. The largest absolute Gasteiger partial charge is 0.270 e. The third-order valence-corrected chi connectivity index (χ3v) is 6.24. The van der Waals surface area contributed by atoms with E-state index in [-0.39, 0.29) is 10.6 Å². The number of nitrogens with zero attached hydrogens (tertiary/aromatic N) is 3. The number of nitro benzene ring substituents is 1. The smallest absolute Gasteiger partial charge is 0.264 e. The van der Waals surface area contributed by atoms with Gasteiger partial charge in [0.2, 0.25) is 10.0 Å². The van der Waals surface area contributed by atoms with Crippen molar-refractivity contribution in [2.24, 2.45) is 0 Å². The van der Waals surface area contributed by atoms with E-state index in [0.29, 0.717) is 11.1 Å². The molecule has 0 amide bonds. The number of aryl methyl sites for hydroxylation is 2. The van der Waals surface area contributed by atoms with E-state index in [1.54, 1.807) is 45.3 Å². The number of sulfonamides is 1. The lowest BCUT2D eigenvalue weighted by Crippen LogP contribution is -2.31. The lowest BCUT2D eigenvalue weighted by atomic mass is 10.1. The molecule has 0 N–H and O–H groups in total. The van der Waals surface area contributed by atoms with E-state index in [0.717, 1.165) is 5.56 Å². The maximum atomic E-state index is 13.0. The average molecular weight is 349 g/mol. The molecule has 2 rings (SSSR count). The molecule has 0 unspecified atom stereocenters. The van der Waals surface area contributed by atoms with Gasteiger partial charge in [-0.1, -0.05) is 6.07 Å². The third-order valence-electron chi connectivity index (χ3n) is 4.01. The molecule has 128 valence electrons. The molecule has 0 saturated carbocycles. The summed E-state index contributed by atoms with van der Waals surface area (Å²) in [6.45, 7) is 4.90. The second-order valence-corrected chi connectivity index (χ2v) is 7.58. The first kappa shape index (κ1) is 18.0. The van der Waals surface area contributed by atoms with Crippen LogP contribution in [-0.4, -0.2) is 29.7 Å². The van der Waals surface area contributed by atoms with Gasteiger partial charge in [-0.05, 0) is 43.5 Å². The quantitative estimate of drug-likeness (QED) is 0.611. The highest BCUT2D eigenvalue weighted by Crippen LogP contribution is 2.31. The zero-order valence-corrected chi connectivity index (χ0v) is 14.7. The fourth-order valence-corrected chi connectivity index (χ4v) is 4.38. The lowest BCUT2D eigenvalue weighted by molar-refractivity contribution is -0.385. The van der Waals surface area contributed by atoms with Crippen molar-refractivity contribution in [1.82, 2.24) is 9.29 Å². The molecule has 0 aliphatic carbocycles. The van der Waals surface area contributed by atoms with Gasteiger partial charge in [-0.2, -0.15) is 4.31 Å². The zero-order chi connectivity index (χ0) is 18.1. The summed E-state index contributed by atoms with van der Waals surface area (Å²) in [5, 5.41) is 10.9. The Morgan fingerprint density at radius 2 is 1.83 bits per heavy atom. The van der Waals surface area contributed by atoms with Crippen LogP contribution in [0.25, 0.3) is 0 Å². The van der Waals surface area contributed by atoms with Crippen LogP contribution in [0, 0.1) is 24.0 Å². The first-order chi connectivity index (χ1) is 11.2. The fourth-order valence-electron chi connectivity index (χ4n) is 2.62. The Balaban J connectivity index is 2.49. The SMILES string of the molecule is Cc1cc([N+](=O)[O-])cc(C)c1S(=O)(=O)N(C)[C@H](C)c1cccnc1. The van der Waals surface area contributed by atoms with Crippen molar-refractivity contribution >= 4 is 15.7 Å². The van der Waals surface area contributed by atoms with Gasteiger partial charge in [-0.3, -0.25) is 15.1 Å². The van der Waals surface area contributed by atoms with Gasteiger partial charge in [0.25, 0.3) is 5.69 Å². The average Bonchev–Trinajstić information content (AvgIpc) is 2.53. The number of hydrogen-bond acceptors (Lipinski definition) is 5. The van der Waals surface area contributed by atoms with Crippen molar-refractivity contribution in [2.75, 3.05) is 7.05 Å². The molecule has 0 radical (unpaired) electrons. The van der Waals surface area contributed by atoms with E-state index in [4.69, 9.17) is 0 Å². The summed E-state index contributed by atoms with van der Waals surface area (Å²) in [6.07, 6.45) is 3.24. The summed E-state index contributed by atoms with van der Waals surface area (Å²) < 4.78 is 27.3. The minimum absolute atomic E-state index is 0.103. The van der Waals surface area contributed by atoms with E-state index < -0.39 is 21.0 Å². The Hall–Kier alpha value is -2.32. The molecule has 1 aromatic carbocycles. The van der Waals surface area contributed by atoms with Crippen LogP contribution in [0.2, 0.25) is 0 Å². The van der Waals surface area contributed by atoms with Crippen LogP contribution in [0.5, 0.6) is 0 Å². The van der Waals surface area contributed by atoms with Gasteiger partial charge < -0.3 is 0 Å². The van der Waals surface area contributed by atoms with E-state index in [1.165, 1.54) is 23.5 Å². The Morgan fingerprint density at radius 1 is 1.25 bits per heavy atom. The molecule has 0 fully saturated rings. The van der Waals surface area contributed by atoms with Crippen molar-refractivity contribution in [3.63, 3.8) is 0 Å². The van der Waals surface area contributed by atoms with Crippen LogP contribution in [-0.2, 0) is 10.0 Å². The predicted molar refractivity (Wildman–Crippen MR) is 90.2 cm³/mol. The number of pyridine rings is 1. The van der Waals surface area contributed by atoms with E-state index >= 15 is 0 Å². The molecule has 1 aromatic heterocycles. The maximum Gasteiger partial charge on any atom is 0.270 e. The number of rotatable bonds is 5. The summed E-state index contributed by atoms with van der Waals surface area (Å²) in [4.78, 5) is 14.5. The highest BCUT2D eigenvalue weighted by molar-refractivity contribution is 7.89. The molecule has 1 atom stereocenters. The third kappa shape index (κ3) is 3.29. The predicted octanol–water partition coefficient (Wildman–Crippen LogP) is 2.99. The van der Waals surface area contributed by atoms with Crippen LogP contribution < -0.4 is 0 Å². The van der Waals surface area contributed by atoms with Crippen molar-refractivity contribution in [2.45, 2.75) is 31.7 Å². The monoisotopic (exact) mass is 349 g/mol. The Labute approximate surface area is 141 Å². The summed E-state index contributed by atoms with van der Waals surface area (Å²) in [6, 6.07) is 5.69. The Bertz CT molecular complexity index is 843. The number of hydrogen-bond donors (Lipinski definition) is 0. The van der Waals surface area contributed by atoms with Gasteiger partial charge in [0.15, 0.2) is 0 Å². The van der Waals surface area contributed by atoms with Crippen molar-refractivity contribution in [3.8, 4) is 0 Å². The highest BCUT2D eigenvalue weighted by atomic mass is 32.2. The number of nitro groups is 1. The molecule has 8 heteroatoms. The summed E-state index contributed by atoms with van der Waals surface area (Å²) in [5.41, 5.74) is 1.35. The first-order valence-electron chi connectivity index (χ1n) is 7.30. The molecule has 24 heavy (non-hydrogen) atoms. The van der Waals surface area contributed by atoms with E-state index in [9.17, 15) is 18.5 Å². The molecule has 1 heterocycles. The normalized spacial score (nSPS) is 13.0. The second kappa shape index (κ2) is 6.66. The second-order valence-electron chi connectivity index (χ2n) is 5.65. The van der Waals surface area contributed by atoms with Gasteiger partial charge in [-0.15, -0.1) is 0 Å². The molecular weight excluding hydrogens is 330 g/mol.